The lowest BCUT2D eigenvalue weighted by Crippen LogP contribution is -2.24. The largest absolute Gasteiger partial charge is 0.382 e. The van der Waals surface area contributed by atoms with Gasteiger partial charge in [-0.3, -0.25) is 4.98 Å². The molecule has 1 aromatic rings. The van der Waals surface area contributed by atoms with Gasteiger partial charge in [0.2, 0.25) is 0 Å². The van der Waals surface area contributed by atoms with E-state index in [-0.39, 0.29) is 0 Å². The molecule has 1 aliphatic rings. The van der Waals surface area contributed by atoms with Crippen molar-refractivity contribution in [2.45, 2.75) is 38.6 Å². The normalized spacial score (nSPS) is 19.0. The van der Waals surface area contributed by atoms with Crippen LogP contribution in [0.2, 0.25) is 0 Å². The van der Waals surface area contributed by atoms with Crippen molar-refractivity contribution in [1.29, 1.82) is 0 Å². The molecule has 0 spiro atoms. The van der Waals surface area contributed by atoms with Crippen molar-refractivity contribution in [2.24, 2.45) is 5.92 Å². The topological polar surface area (TPSA) is 63.8 Å². The molecule has 0 bridgehead atoms. The summed E-state index contributed by atoms with van der Waals surface area (Å²) in [6.07, 6.45) is 8.65. The fraction of sp³-hybridized carbons (Fsp3) is 0.636. The van der Waals surface area contributed by atoms with E-state index in [0.717, 1.165) is 11.7 Å². The van der Waals surface area contributed by atoms with Crippen LogP contribution >= 0.6 is 0 Å². The monoisotopic (exact) mass is 206 g/mol. The molecule has 1 fully saturated rings. The minimum Gasteiger partial charge on any atom is -0.382 e. The zero-order chi connectivity index (χ0) is 10.7. The van der Waals surface area contributed by atoms with Crippen LogP contribution in [0.25, 0.3) is 0 Å². The van der Waals surface area contributed by atoms with Crippen molar-refractivity contribution in [3.05, 3.63) is 12.4 Å². The highest BCUT2D eigenvalue weighted by Crippen LogP contribution is 2.28. The van der Waals surface area contributed by atoms with Gasteiger partial charge >= 0.3 is 0 Å². The van der Waals surface area contributed by atoms with Crippen molar-refractivity contribution in [3.8, 4) is 0 Å². The zero-order valence-electron chi connectivity index (χ0n) is 9.11. The molecule has 1 saturated carbocycles. The molecule has 4 heteroatoms. The van der Waals surface area contributed by atoms with Crippen LogP contribution in [-0.2, 0) is 0 Å². The molecule has 1 aromatic heterocycles. The molecule has 82 valence electrons. The van der Waals surface area contributed by atoms with E-state index >= 15 is 0 Å². The summed E-state index contributed by atoms with van der Waals surface area (Å²) in [5.41, 5.74) is 5.57. The summed E-state index contributed by atoms with van der Waals surface area (Å²) >= 11 is 0. The second-order valence-corrected chi connectivity index (χ2v) is 4.31. The molecule has 0 saturated heterocycles. The van der Waals surface area contributed by atoms with Crippen molar-refractivity contribution in [3.63, 3.8) is 0 Å². The first-order chi connectivity index (χ1) is 7.25. The van der Waals surface area contributed by atoms with Gasteiger partial charge in [-0.2, -0.15) is 0 Å². The smallest absolute Gasteiger partial charge is 0.147 e. The van der Waals surface area contributed by atoms with Crippen molar-refractivity contribution >= 4 is 11.6 Å². The van der Waals surface area contributed by atoms with Crippen LogP contribution in [0.4, 0.5) is 11.6 Å². The molecule has 1 unspecified atom stereocenters. The molecule has 0 aromatic carbocycles. The molecule has 1 aliphatic carbocycles. The molecule has 15 heavy (non-hydrogen) atoms. The number of nitrogens with zero attached hydrogens (tertiary/aromatic N) is 2. The first-order valence-electron chi connectivity index (χ1n) is 5.60. The van der Waals surface area contributed by atoms with E-state index in [1.807, 2.05) is 0 Å². The molecule has 4 nitrogen and oxygen atoms in total. The van der Waals surface area contributed by atoms with Crippen LogP contribution in [0.15, 0.2) is 12.4 Å². The van der Waals surface area contributed by atoms with E-state index in [4.69, 9.17) is 5.73 Å². The molecular formula is C11H18N4. The predicted octanol–water partition coefficient (Wildman–Crippen LogP) is 2.05. The highest BCUT2D eigenvalue weighted by atomic mass is 15.1. The lowest BCUT2D eigenvalue weighted by atomic mass is 10.00. The summed E-state index contributed by atoms with van der Waals surface area (Å²) in [5, 5.41) is 3.37. The van der Waals surface area contributed by atoms with Gasteiger partial charge in [-0.25, -0.2) is 4.98 Å². The Hall–Kier alpha value is -1.32. The van der Waals surface area contributed by atoms with Gasteiger partial charge in [-0.05, 0) is 25.7 Å². The van der Waals surface area contributed by atoms with Crippen molar-refractivity contribution < 1.29 is 0 Å². The molecule has 3 N–H and O–H groups in total. The Labute approximate surface area is 90.3 Å². The van der Waals surface area contributed by atoms with Gasteiger partial charge in [-0.1, -0.05) is 12.8 Å². The number of nitrogen functional groups attached to an aromatic ring is 1. The minimum absolute atomic E-state index is 0.462. The number of anilines is 2. The standard InChI is InChI=1S/C11H18N4/c1-8(9-4-2-3-5-9)14-11-7-13-6-10(12)15-11/h6-9H,2-5H2,1H3,(H3,12,14,15). The van der Waals surface area contributed by atoms with Crippen molar-refractivity contribution in [2.75, 3.05) is 11.1 Å². The predicted molar refractivity (Wildman–Crippen MR) is 61.5 cm³/mol. The summed E-state index contributed by atoms with van der Waals surface area (Å²) in [6.45, 7) is 2.21. The maximum Gasteiger partial charge on any atom is 0.147 e. The number of aromatic nitrogens is 2. The summed E-state index contributed by atoms with van der Waals surface area (Å²) < 4.78 is 0. The third-order valence-corrected chi connectivity index (χ3v) is 3.14. The second-order valence-electron chi connectivity index (χ2n) is 4.31. The SMILES string of the molecule is CC(Nc1cncc(N)n1)C1CCCC1. The van der Waals surface area contributed by atoms with E-state index < -0.39 is 0 Å². The van der Waals surface area contributed by atoms with Gasteiger partial charge in [-0.15, -0.1) is 0 Å². The average molecular weight is 206 g/mol. The van der Waals surface area contributed by atoms with Gasteiger partial charge in [0, 0.05) is 6.04 Å². The quantitative estimate of drug-likeness (QED) is 0.794. The summed E-state index contributed by atoms with van der Waals surface area (Å²) in [4.78, 5) is 8.20. The number of rotatable bonds is 3. The van der Waals surface area contributed by atoms with Gasteiger partial charge in [0.05, 0.1) is 12.4 Å². The molecule has 0 radical (unpaired) electrons. The minimum atomic E-state index is 0.462. The summed E-state index contributed by atoms with van der Waals surface area (Å²) in [6, 6.07) is 0.462. The highest BCUT2D eigenvalue weighted by molar-refractivity contribution is 5.39. The fourth-order valence-electron chi connectivity index (χ4n) is 2.26. The van der Waals surface area contributed by atoms with E-state index in [1.54, 1.807) is 12.4 Å². The third-order valence-electron chi connectivity index (χ3n) is 3.14. The Bertz CT molecular complexity index is 320. The zero-order valence-corrected chi connectivity index (χ0v) is 9.11. The van der Waals surface area contributed by atoms with Crippen LogP contribution < -0.4 is 11.1 Å². The van der Waals surface area contributed by atoms with Crippen LogP contribution in [0.1, 0.15) is 32.6 Å². The second kappa shape index (κ2) is 4.47. The molecular weight excluding hydrogens is 188 g/mol. The van der Waals surface area contributed by atoms with Crippen LogP contribution in [-0.4, -0.2) is 16.0 Å². The Balaban J connectivity index is 1.95. The summed E-state index contributed by atoms with van der Waals surface area (Å²) in [7, 11) is 0. The average Bonchev–Trinajstić information content (AvgIpc) is 2.70. The van der Waals surface area contributed by atoms with E-state index in [2.05, 4.69) is 22.2 Å². The third kappa shape index (κ3) is 2.58. The molecule has 1 atom stereocenters. The fourth-order valence-corrected chi connectivity index (χ4v) is 2.26. The lowest BCUT2D eigenvalue weighted by Gasteiger charge is -2.20. The van der Waals surface area contributed by atoms with Crippen LogP contribution in [0.3, 0.4) is 0 Å². The van der Waals surface area contributed by atoms with Gasteiger partial charge in [0.15, 0.2) is 0 Å². The van der Waals surface area contributed by atoms with E-state index in [1.165, 1.54) is 25.7 Å². The first-order valence-corrected chi connectivity index (χ1v) is 5.60. The van der Waals surface area contributed by atoms with Gasteiger partial charge < -0.3 is 11.1 Å². The maximum absolute atomic E-state index is 5.57. The van der Waals surface area contributed by atoms with Gasteiger partial charge in [0.25, 0.3) is 0 Å². The van der Waals surface area contributed by atoms with E-state index in [9.17, 15) is 0 Å². The number of nitrogens with one attached hydrogen (secondary N) is 1. The molecule has 0 aliphatic heterocycles. The number of hydrogen-bond donors (Lipinski definition) is 2. The Kier molecular flexibility index (Phi) is 3.04. The Morgan fingerprint density at radius 2 is 2.13 bits per heavy atom. The van der Waals surface area contributed by atoms with Crippen LogP contribution in [0, 0.1) is 5.92 Å². The summed E-state index contributed by atoms with van der Waals surface area (Å²) in [5.74, 6) is 2.03. The van der Waals surface area contributed by atoms with E-state index in [0.29, 0.717) is 11.9 Å². The van der Waals surface area contributed by atoms with Crippen molar-refractivity contribution in [1.82, 2.24) is 9.97 Å². The first kappa shape index (κ1) is 10.2. The van der Waals surface area contributed by atoms with Gasteiger partial charge in [0.1, 0.15) is 11.6 Å². The lowest BCUT2D eigenvalue weighted by molar-refractivity contribution is 0.481. The number of hydrogen-bond acceptors (Lipinski definition) is 4. The number of nitrogens with two attached hydrogens (primary N) is 1. The Morgan fingerprint density at radius 1 is 1.40 bits per heavy atom. The Morgan fingerprint density at radius 3 is 2.80 bits per heavy atom. The van der Waals surface area contributed by atoms with Crippen LogP contribution in [0.5, 0.6) is 0 Å². The molecule has 1 heterocycles. The molecule has 0 amide bonds. The highest BCUT2D eigenvalue weighted by Gasteiger charge is 2.21. The maximum atomic E-state index is 5.57. The molecule has 2 rings (SSSR count).